The summed E-state index contributed by atoms with van der Waals surface area (Å²) in [5, 5.41) is 3.49. The molecule has 16 heavy (non-hydrogen) atoms. The Morgan fingerprint density at radius 3 is 2.56 bits per heavy atom. The molecule has 0 fully saturated rings. The van der Waals surface area contributed by atoms with Crippen molar-refractivity contribution in [3.05, 3.63) is 60.2 Å². The van der Waals surface area contributed by atoms with Crippen molar-refractivity contribution in [1.29, 1.82) is 0 Å². The third kappa shape index (κ3) is 1.63. The number of rotatable bonds is 1. The lowest BCUT2D eigenvalue weighted by Gasteiger charge is -2.27. The summed E-state index contributed by atoms with van der Waals surface area (Å²) in [6, 6.07) is 18.7. The molecular weight excluding hydrogens is 198 g/mol. The zero-order chi connectivity index (χ0) is 10.8. The van der Waals surface area contributed by atoms with E-state index in [-0.39, 0.29) is 6.04 Å². The van der Waals surface area contributed by atoms with Gasteiger partial charge in [-0.15, -0.1) is 0 Å². The number of fused-ring (bicyclic) bond motifs is 1. The van der Waals surface area contributed by atoms with Crippen molar-refractivity contribution in [1.82, 2.24) is 0 Å². The second-order valence-corrected chi connectivity index (χ2v) is 3.91. The van der Waals surface area contributed by atoms with Crippen molar-refractivity contribution in [2.24, 2.45) is 0 Å². The van der Waals surface area contributed by atoms with E-state index in [0.29, 0.717) is 6.61 Å². The highest BCUT2D eigenvalue weighted by Crippen LogP contribution is 2.32. The first kappa shape index (κ1) is 9.28. The molecule has 1 aliphatic heterocycles. The summed E-state index contributed by atoms with van der Waals surface area (Å²) in [4.78, 5) is 0. The number of ether oxygens (including phenoxy) is 1. The molecule has 0 aliphatic carbocycles. The summed E-state index contributed by atoms with van der Waals surface area (Å²) in [6.45, 7) is 0.682. The van der Waals surface area contributed by atoms with Gasteiger partial charge in [0.15, 0.2) is 0 Å². The van der Waals surface area contributed by atoms with E-state index in [9.17, 15) is 0 Å². The molecule has 0 radical (unpaired) electrons. The topological polar surface area (TPSA) is 21.3 Å². The number of nitrogens with one attached hydrogen (secondary N) is 1. The second-order valence-electron chi connectivity index (χ2n) is 3.91. The van der Waals surface area contributed by atoms with Crippen LogP contribution in [0.1, 0.15) is 11.6 Å². The average Bonchev–Trinajstić information content (AvgIpc) is 2.39. The van der Waals surface area contributed by atoms with Crippen LogP contribution in [0.4, 0.5) is 5.69 Å². The van der Waals surface area contributed by atoms with Crippen LogP contribution in [0, 0.1) is 0 Å². The second kappa shape index (κ2) is 3.89. The quantitative estimate of drug-likeness (QED) is 0.782. The van der Waals surface area contributed by atoms with E-state index < -0.39 is 0 Å². The molecule has 0 amide bonds. The van der Waals surface area contributed by atoms with Crippen LogP contribution in [0.3, 0.4) is 0 Å². The first-order chi connectivity index (χ1) is 7.93. The van der Waals surface area contributed by atoms with E-state index in [0.717, 1.165) is 11.4 Å². The molecule has 1 N–H and O–H groups in total. The minimum Gasteiger partial charge on any atom is -0.489 e. The monoisotopic (exact) mass is 211 g/mol. The first-order valence-corrected chi connectivity index (χ1v) is 5.47. The molecule has 1 aliphatic rings. The first-order valence-electron chi connectivity index (χ1n) is 5.47. The molecule has 3 rings (SSSR count). The molecule has 0 saturated carbocycles. The van der Waals surface area contributed by atoms with Gasteiger partial charge in [-0.05, 0) is 17.7 Å². The molecule has 2 heteroatoms. The minimum atomic E-state index is 0.246. The highest BCUT2D eigenvalue weighted by atomic mass is 16.5. The maximum atomic E-state index is 5.73. The molecule has 2 aromatic carbocycles. The van der Waals surface area contributed by atoms with Crippen LogP contribution in [0.25, 0.3) is 0 Å². The summed E-state index contributed by atoms with van der Waals surface area (Å²) in [6.07, 6.45) is 0. The summed E-state index contributed by atoms with van der Waals surface area (Å²) in [7, 11) is 0. The lowest BCUT2D eigenvalue weighted by Crippen LogP contribution is -2.23. The molecule has 0 spiro atoms. The average molecular weight is 211 g/mol. The highest BCUT2D eigenvalue weighted by molar-refractivity contribution is 5.59. The van der Waals surface area contributed by atoms with Crippen molar-refractivity contribution in [3.63, 3.8) is 0 Å². The third-order valence-electron chi connectivity index (χ3n) is 2.82. The van der Waals surface area contributed by atoms with Gasteiger partial charge in [-0.25, -0.2) is 0 Å². The molecular formula is C14H13NO. The molecule has 0 aromatic heterocycles. The van der Waals surface area contributed by atoms with Gasteiger partial charge in [-0.3, -0.25) is 0 Å². The number of benzene rings is 2. The highest BCUT2D eigenvalue weighted by Gasteiger charge is 2.19. The van der Waals surface area contributed by atoms with Crippen LogP contribution in [0.15, 0.2) is 54.6 Å². The number of hydrogen-bond donors (Lipinski definition) is 1. The smallest absolute Gasteiger partial charge is 0.142 e. The van der Waals surface area contributed by atoms with Gasteiger partial charge in [0.25, 0.3) is 0 Å². The molecule has 1 atom stereocenters. The van der Waals surface area contributed by atoms with Crippen molar-refractivity contribution < 1.29 is 4.74 Å². The number of para-hydroxylation sites is 2. The Morgan fingerprint density at radius 1 is 0.938 bits per heavy atom. The zero-order valence-electron chi connectivity index (χ0n) is 8.89. The van der Waals surface area contributed by atoms with Crippen LogP contribution in [0.5, 0.6) is 5.75 Å². The Bertz CT molecular complexity index is 481. The summed E-state index contributed by atoms with van der Waals surface area (Å²) in [5.41, 5.74) is 2.33. The lowest BCUT2D eigenvalue weighted by molar-refractivity contribution is 0.286. The fourth-order valence-corrected chi connectivity index (χ4v) is 1.98. The summed E-state index contributed by atoms with van der Waals surface area (Å²) < 4.78 is 5.73. The van der Waals surface area contributed by atoms with E-state index in [2.05, 4.69) is 29.6 Å². The van der Waals surface area contributed by atoms with Crippen LogP contribution in [-0.4, -0.2) is 6.61 Å². The standard InChI is InChI=1S/C14H13NO/c1-2-6-11(7-3-1)13-10-16-14-9-5-4-8-12(14)15-13/h1-9,13,15H,10H2. The van der Waals surface area contributed by atoms with Crippen molar-refractivity contribution in [2.75, 3.05) is 11.9 Å². The van der Waals surface area contributed by atoms with Crippen molar-refractivity contribution >= 4 is 5.69 Å². The van der Waals surface area contributed by atoms with Crippen LogP contribution < -0.4 is 10.1 Å². The van der Waals surface area contributed by atoms with Gasteiger partial charge in [-0.1, -0.05) is 42.5 Å². The lowest BCUT2D eigenvalue weighted by atomic mass is 10.1. The van der Waals surface area contributed by atoms with E-state index in [1.807, 2.05) is 30.3 Å². The minimum absolute atomic E-state index is 0.246. The van der Waals surface area contributed by atoms with Gasteiger partial charge in [0, 0.05) is 0 Å². The van der Waals surface area contributed by atoms with E-state index in [1.165, 1.54) is 5.56 Å². The Balaban J connectivity index is 1.89. The van der Waals surface area contributed by atoms with Gasteiger partial charge < -0.3 is 10.1 Å². The van der Waals surface area contributed by atoms with E-state index in [1.54, 1.807) is 0 Å². The zero-order valence-corrected chi connectivity index (χ0v) is 8.89. The predicted molar refractivity (Wildman–Crippen MR) is 64.7 cm³/mol. The summed E-state index contributed by atoms with van der Waals surface area (Å²) in [5.74, 6) is 0.940. The number of anilines is 1. The molecule has 80 valence electrons. The normalized spacial score (nSPS) is 18.1. The van der Waals surface area contributed by atoms with Crippen molar-refractivity contribution in [2.45, 2.75) is 6.04 Å². The fourth-order valence-electron chi connectivity index (χ4n) is 1.98. The number of hydrogen-bond acceptors (Lipinski definition) is 2. The predicted octanol–water partition coefficient (Wildman–Crippen LogP) is 3.23. The molecule has 2 aromatic rings. The SMILES string of the molecule is c1ccc(C2COc3ccccc3N2)cc1. The molecule has 2 nitrogen and oxygen atoms in total. The molecule has 0 saturated heterocycles. The molecule has 0 bridgehead atoms. The Kier molecular flexibility index (Phi) is 2.26. The maximum absolute atomic E-state index is 5.73. The van der Waals surface area contributed by atoms with Gasteiger partial charge in [0.2, 0.25) is 0 Å². The Hall–Kier alpha value is -1.96. The summed E-state index contributed by atoms with van der Waals surface area (Å²) >= 11 is 0. The van der Waals surface area contributed by atoms with Crippen LogP contribution >= 0.6 is 0 Å². The van der Waals surface area contributed by atoms with Crippen molar-refractivity contribution in [3.8, 4) is 5.75 Å². The third-order valence-corrected chi connectivity index (χ3v) is 2.82. The fraction of sp³-hybridized carbons (Fsp3) is 0.143. The van der Waals surface area contributed by atoms with Gasteiger partial charge in [-0.2, -0.15) is 0 Å². The van der Waals surface area contributed by atoms with E-state index in [4.69, 9.17) is 4.74 Å². The van der Waals surface area contributed by atoms with E-state index >= 15 is 0 Å². The van der Waals surface area contributed by atoms with Gasteiger partial charge in [0.05, 0.1) is 11.7 Å². The molecule has 1 unspecified atom stereocenters. The Labute approximate surface area is 94.9 Å². The molecule has 1 heterocycles. The van der Waals surface area contributed by atoms with Gasteiger partial charge >= 0.3 is 0 Å². The Morgan fingerprint density at radius 2 is 1.69 bits per heavy atom. The van der Waals surface area contributed by atoms with Crippen LogP contribution in [-0.2, 0) is 0 Å². The largest absolute Gasteiger partial charge is 0.489 e. The van der Waals surface area contributed by atoms with Gasteiger partial charge in [0.1, 0.15) is 12.4 Å². The van der Waals surface area contributed by atoms with Crippen LogP contribution in [0.2, 0.25) is 0 Å². The maximum Gasteiger partial charge on any atom is 0.142 e.